The average molecular weight is 1200 g/mol. The lowest BCUT2D eigenvalue weighted by Crippen LogP contribution is -2.29. The fourth-order valence-electron chi connectivity index (χ4n) is 14.5. The highest BCUT2D eigenvalue weighted by atomic mass is 16.5. The van der Waals surface area contributed by atoms with Gasteiger partial charge in [-0.3, -0.25) is 28.8 Å². The van der Waals surface area contributed by atoms with Gasteiger partial charge in [0.1, 0.15) is 35.6 Å². The third-order valence-electron chi connectivity index (χ3n) is 18.7. The predicted molar refractivity (Wildman–Crippen MR) is 368 cm³/mol. The molecule has 3 heterocycles. The number of nitrogens with zero attached hydrogens (tertiary/aromatic N) is 3. The first-order valence-corrected chi connectivity index (χ1v) is 31.8. The third kappa shape index (κ3) is 9.90. The third-order valence-corrected chi connectivity index (χ3v) is 18.7. The summed E-state index contributed by atoms with van der Waals surface area (Å²) in [5, 5.41) is 3.80. The van der Waals surface area contributed by atoms with Crippen LogP contribution in [0.5, 0.6) is 17.2 Å². The van der Waals surface area contributed by atoms with Gasteiger partial charge in [-0.2, -0.15) is 0 Å². The van der Waals surface area contributed by atoms with Crippen LogP contribution in [0.15, 0.2) is 174 Å². The molecule has 13 rings (SSSR count). The number of aromatic nitrogens is 3. The van der Waals surface area contributed by atoms with E-state index in [0.717, 1.165) is 16.7 Å². The van der Waals surface area contributed by atoms with Gasteiger partial charge >= 0.3 is 0 Å². The number of hydrogen-bond donors (Lipinski definition) is 0. The molecule has 0 N–H and O–H groups in total. The minimum atomic E-state index is -0.548. The topological polar surface area (TPSA) is 145 Å². The fraction of sp³-hybridized carbons (Fsp3) is 0.308. The maximum Gasteiger partial charge on any atom is 0.266 e. The molecule has 0 saturated heterocycles. The van der Waals surface area contributed by atoms with Crippen LogP contribution in [-0.2, 0) is 0 Å². The molecule has 0 radical (unpaired) electrons. The molecule has 0 atom stereocenters. The van der Waals surface area contributed by atoms with Gasteiger partial charge in [0, 0.05) is 34.9 Å². The molecular formula is C78H75N3O9. The van der Waals surface area contributed by atoms with E-state index in [4.69, 9.17) is 14.2 Å². The zero-order chi connectivity index (χ0) is 63.5. The lowest BCUT2D eigenvalue weighted by molar-refractivity contribution is 0.105. The SMILES string of the molecule is CC(C)C(Oc1ccc(C2=CC=CC2)c(-n2c(=O)c3cc4c5cc6c(=O)n(-c7cc(OC(C(C)C)C(C)C)ccc7C7=CC=CC7)c(=O)c6cc5c5cc6c(=O)n(-c7cc(OC(C(C)C)C(C)C)ccc7C7=CC=CC7)c(=O)c6cc5c4cc3c2=O)c1)C(C)C. The summed E-state index contributed by atoms with van der Waals surface area (Å²) in [5.41, 5.74) is 2.78. The first-order chi connectivity index (χ1) is 43.1. The number of ether oxygens (including phenoxy) is 3. The minimum Gasteiger partial charge on any atom is -0.490 e. The second-order valence-electron chi connectivity index (χ2n) is 26.9. The van der Waals surface area contributed by atoms with E-state index < -0.39 is 33.4 Å². The van der Waals surface area contributed by atoms with E-state index in [1.165, 1.54) is 13.7 Å². The van der Waals surface area contributed by atoms with Crippen molar-refractivity contribution in [3.05, 3.63) is 224 Å². The van der Waals surface area contributed by atoms with Crippen molar-refractivity contribution in [1.29, 1.82) is 0 Å². The van der Waals surface area contributed by atoms with Crippen LogP contribution in [0.1, 0.15) is 119 Å². The van der Waals surface area contributed by atoms with Crippen molar-refractivity contribution in [3.63, 3.8) is 0 Å². The Labute approximate surface area is 521 Å². The second kappa shape index (κ2) is 22.9. The number of benzene rings is 7. The Morgan fingerprint density at radius 3 is 0.678 bits per heavy atom. The van der Waals surface area contributed by atoms with Crippen LogP contribution < -0.4 is 47.6 Å². The summed E-state index contributed by atoms with van der Waals surface area (Å²) in [6.07, 6.45) is 19.3. The quantitative estimate of drug-likeness (QED) is 0.0767. The average Bonchev–Trinajstić information content (AvgIpc) is 1.45. The van der Waals surface area contributed by atoms with Gasteiger partial charge in [0.25, 0.3) is 33.4 Å². The summed E-state index contributed by atoms with van der Waals surface area (Å²) in [7, 11) is 0. The van der Waals surface area contributed by atoms with Crippen molar-refractivity contribution in [1.82, 2.24) is 13.7 Å². The standard InChI is InChI=1S/C78H75N3O9/c1-40(2)70(41(3)4)88-49-25-28-52(46-19-13-14-20-46)67(31-49)79-73(82)61-34-55-56(35-62(61)74(79)83)58-37-64-66(78(87)81(76(64)85)69-33-51(90-72(44(9)10)45(11)12)27-30-54(69)48-23-17-18-24-48)39-60(58)59-38-65-63(36-57(55)59)75(84)80(77(65)86)68-32-50(89-71(42(5)6)43(7)8)26-29-53(68)47-21-15-16-22-47/h13-19,21,23,25-45,70-72H,20,22,24H2,1-12H3. The highest BCUT2D eigenvalue weighted by Crippen LogP contribution is 2.42. The normalized spacial score (nSPS) is 14.4. The Bertz CT molecular complexity index is 4460. The number of allylic oxidation sites excluding steroid dienone is 12. The van der Waals surface area contributed by atoms with E-state index >= 15 is 28.8 Å². The van der Waals surface area contributed by atoms with E-state index in [9.17, 15) is 0 Å². The fourth-order valence-corrected chi connectivity index (χ4v) is 14.5. The van der Waals surface area contributed by atoms with Gasteiger partial charge in [-0.05, 0) is 177 Å². The monoisotopic (exact) mass is 1200 g/mol. The number of rotatable bonds is 18. The van der Waals surface area contributed by atoms with Gasteiger partial charge in [-0.1, -0.05) is 138 Å². The molecule has 0 amide bonds. The van der Waals surface area contributed by atoms with Crippen LogP contribution >= 0.6 is 0 Å². The molecule has 0 saturated carbocycles. The van der Waals surface area contributed by atoms with Gasteiger partial charge in [-0.15, -0.1) is 0 Å². The zero-order valence-corrected chi connectivity index (χ0v) is 53.2. The summed E-state index contributed by atoms with van der Waals surface area (Å²) >= 11 is 0. The predicted octanol–water partition coefficient (Wildman–Crippen LogP) is 15.7. The zero-order valence-electron chi connectivity index (χ0n) is 53.2. The van der Waals surface area contributed by atoms with Crippen LogP contribution in [-0.4, -0.2) is 32.0 Å². The molecule has 0 spiro atoms. The van der Waals surface area contributed by atoms with Crippen molar-refractivity contribution in [2.24, 2.45) is 35.5 Å². The minimum absolute atomic E-state index is 0.137. The molecule has 0 fully saturated rings. The first kappa shape index (κ1) is 59.5. The summed E-state index contributed by atoms with van der Waals surface area (Å²) < 4.78 is 23.7. The summed E-state index contributed by atoms with van der Waals surface area (Å²) in [5.74, 6) is 2.60. The van der Waals surface area contributed by atoms with Crippen molar-refractivity contribution >= 4 is 81.4 Å². The van der Waals surface area contributed by atoms with Crippen LogP contribution in [0.3, 0.4) is 0 Å². The van der Waals surface area contributed by atoms with Crippen LogP contribution in [0.4, 0.5) is 0 Å². The van der Waals surface area contributed by atoms with Crippen LogP contribution in [0.25, 0.3) is 98.4 Å². The second-order valence-corrected chi connectivity index (χ2v) is 26.9. The maximum absolute atomic E-state index is 15.4. The van der Waals surface area contributed by atoms with Gasteiger partial charge in [0.2, 0.25) is 0 Å². The lowest BCUT2D eigenvalue weighted by atomic mass is 9.91. The van der Waals surface area contributed by atoms with E-state index in [0.29, 0.717) is 103 Å². The molecule has 10 aromatic rings. The Balaban J connectivity index is 1.11. The summed E-state index contributed by atoms with van der Waals surface area (Å²) in [6, 6.07) is 27.0. The molecule has 456 valence electrons. The van der Waals surface area contributed by atoms with Crippen molar-refractivity contribution < 1.29 is 14.2 Å². The lowest BCUT2D eigenvalue weighted by Gasteiger charge is -2.26. The molecule has 12 nitrogen and oxygen atoms in total. The molecule has 0 unspecified atom stereocenters. The molecule has 3 aromatic heterocycles. The molecule has 0 bridgehead atoms. The van der Waals surface area contributed by atoms with Crippen molar-refractivity contribution in [2.45, 2.75) is 121 Å². The van der Waals surface area contributed by atoms with Gasteiger partial charge in [0.15, 0.2) is 0 Å². The van der Waals surface area contributed by atoms with Gasteiger partial charge in [-0.25, -0.2) is 13.7 Å². The summed E-state index contributed by atoms with van der Waals surface area (Å²) in [6.45, 7) is 25.3. The number of fused-ring (bicyclic) bond motifs is 9. The van der Waals surface area contributed by atoms with Crippen molar-refractivity contribution in [3.8, 4) is 34.3 Å². The highest BCUT2D eigenvalue weighted by molar-refractivity contribution is 6.30. The van der Waals surface area contributed by atoms with E-state index in [-0.39, 0.29) is 86.1 Å². The van der Waals surface area contributed by atoms with Crippen LogP contribution in [0.2, 0.25) is 0 Å². The smallest absolute Gasteiger partial charge is 0.266 e. The number of hydrogen-bond acceptors (Lipinski definition) is 9. The largest absolute Gasteiger partial charge is 0.490 e. The summed E-state index contributed by atoms with van der Waals surface area (Å²) in [4.78, 5) is 92.6. The molecule has 90 heavy (non-hydrogen) atoms. The van der Waals surface area contributed by atoms with E-state index in [1.54, 1.807) is 54.6 Å². The van der Waals surface area contributed by atoms with Crippen molar-refractivity contribution in [2.75, 3.05) is 0 Å². The Hall–Kier alpha value is -9.42. The molecule has 7 aromatic carbocycles. The Morgan fingerprint density at radius 2 is 0.500 bits per heavy atom. The van der Waals surface area contributed by atoms with Gasteiger partial charge < -0.3 is 14.2 Å². The molecule has 12 heteroatoms. The molecular weight excluding hydrogens is 1120 g/mol. The molecule has 0 aliphatic heterocycles. The highest BCUT2D eigenvalue weighted by Gasteiger charge is 2.30. The van der Waals surface area contributed by atoms with E-state index in [1.807, 2.05) is 91.1 Å². The molecule has 3 aliphatic rings. The molecule has 3 aliphatic carbocycles. The first-order valence-electron chi connectivity index (χ1n) is 31.8. The maximum atomic E-state index is 15.4. The van der Waals surface area contributed by atoms with Crippen LogP contribution in [0, 0.1) is 35.5 Å². The van der Waals surface area contributed by atoms with Gasteiger partial charge in [0.05, 0.1) is 49.4 Å². The Morgan fingerprint density at radius 1 is 0.289 bits per heavy atom. The van der Waals surface area contributed by atoms with E-state index in [2.05, 4.69) is 83.1 Å². The Kier molecular flexibility index (Phi) is 15.1.